The molecule has 5 nitrogen and oxygen atoms in total. The van der Waals surface area contributed by atoms with E-state index in [0.29, 0.717) is 30.6 Å². The quantitative estimate of drug-likeness (QED) is 0.208. The third-order valence-electron chi connectivity index (χ3n) is 5.86. The van der Waals surface area contributed by atoms with E-state index < -0.39 is 11.7 Å². The lowest BCUT2D eigenvalue weighted by Gasteiger charge is -2.26. The van der Waals surface area contributed by atoms with Crippen molar-refractivity contribution in [1.82, 2.24) is 14.5 Å². The van der Waals surface area contributed by atoms with Gasteiger partial charge in [0, 0.05) is 43.6 Å². The Morgan fingerprint density at radius 1 is 1.03 bits per heavy atom. The molecule has 0 spiro atoms. The van der Waals surface area contributed by atoms with Gasteiger partial charge in [-0.25, -0.2) is 9.37 Å². The number of thiocarbonyl (C=S) groups is 1. The summed E-state index contributed by atoms with van der Waals surface area (Å²) in [6, 6.07) is 20.3. The number of nitrogens with zero attached hydrogens (tertiary/aromatic N) is 4. The Balaban J connectivity index is 1.50. The van der Waals surface area contributed by atoms with Gasteiger partial charge in [0.2, 0.25) is 0 Å². The second kappa shape index (κ2) is 11.9. The fraction of sp³-hybridized carbons (Fsp3) is 0.179. The largest absolute Gasteiger partial charge is 0.416 e. The van der Waals surface area contributed by atoms with Crippen molar-refractivity contribution in [3.05, 3.63) is 119 Å². The van der Waals surface area contributed by atoms with Gasteiger partial charge in [0.05, 0.1) is 23.5 Å². The summed E-state index contributed by atoms with van der Waals surface area (Å²) in [5.41, 5.74) is 2.59. The van der Waals surface area contributed by atoms with Gasteiger partial charge < -0.3 is 14.8 Å². The number of imidazole rings is 1. The van der Waals surface area contributed by atoms with Crippen LogP contribution < -0.4 is 5.32 Å². The van der Waals surface area contributed by atoms with Crippen molar-refractivity contribution in [3.63, 3.8) is 0 Å². The van der Waals surface area contributed by atoms with Gasteiger partial charge in [-0.3, -0.25) is 0 Å². The van der Waals surface area contributed by atoms with Gasteiger partial charge in [-0.15, -0.1) is 0 Å². The third kappa shape index (κ3) is 7.17. The Hall–Kier alpha value is -4.23. The normalized spacial score (nSPS) is 11.1. The van der Waals surface area contributed by atoms with Gasteiger partial charge in [-0.05, 0) is 65.8 Å². The van der Waals surface area contributed by atoms with Crippen molar-refractivity contribution >= 4 is 23.0 Å². The Morgan fingerprint density at radius 2 is 1.79 bits per heavy atom. The maximum atomic E-state index is 13.8. The van der Waals surface area contributed by atoms with Crippen LogP contribution in [0.2, 0.25) is 0 Å². The first kappa shape index (κ1) is 26.8. The molecule has 10 heteroatoms. The molecule has 4 rings (SSSR count). The van der Waals surface area contributed by atoms with E-state index in [9.17, 15) is 17.6 Å². The van der Waals surface area contributed by atoms with Crippen LogP contribution in [0, 0.1) is 17.1 Å². The molecule has 38 heavy (non-hydrogen) atoms. The highest BCUT2D eigenvalue weighted by Gasteiger charge is 2.30. The fourth-order valence-electron chi connectivity index (χ4n) is 3.91. The molecule has 1 heterocycles. The average Bonchev–Trinajstić information content (AvgIpc) is 3.33. The van der Waals surface area contributed by atoms with E-state index in [0.717, 1.165) is 23.4 Å². The van der Waals surface area contributed by atoms with Crippen LogP contribution in [-0.2, 0) is 25.7 Å². The van der Waals surface area contributed by atoms with Crippen LogP contribution in [0.3, 0.4) is 0 Å². The third-order valence-corrected chi connectivity index (χ3v) is 6.22. The van der Waals surface area contributed by atoms with Gasteiger partial charge in [-0.1, -0.05) is 30.3 Å². The Morgan fingerprint density at radius 3 is 2.50 bits per heavy atom. The Labute approximate surface area is 223 Å². The number of hydrogen-bond donors (Lipinski definition) is 1. The summed E-state index contributed by atoms with van der Waals surface area (Å²) < 4.78 is 55.3. The van der Waals surface area contributed by atoms with Gasteiger partial charge >= 0.3 is 6.18 Å². The summed E-state index contributed by atoms with van der Waals surface area (Å²) in [5.74, 6) is -0.389. The SMILES string of the molecule is N#Cc1ccc(Cn2cncc2CCN(Cc2cccc(F)c2)C(=S)Nc2cccc(C(F)(F)F)c2)cc1. The smallest absolute Gasteiger partial charge is 0.344 e. The van der Waals surface area contributed by atoms with Crippen molar-refractivity contribution in [2.75, 3.05) is 11.9 Å². The molecule has 0 saturated heterocycles. The van der Waals surface area contributed by atoms with Crippen molar-refractivity contribution in [3.8, 4) is 6.07 Å². The number of hydrogen-bond acceptors (Lipinski definition) is 3. The van der Waals surface area contributed by atoms with Crippen LogP contribution in [-0.4, -0.2) is 26.1 Å². The number of anilines is 1. The predicted octanol–water partition coefficient (Wildman–Crippen LogP) is 6.40. The molecule has 4 aromatic rings. The first-order valence-corrected chi connectivity index (χ1v) is 12.1. The van der Waals surface area contributed by atoms with E-state index in [1.165, 1.54) is 24.3 Å². The molecule has 0 bridgehead atoms. The average molecular weight is 538 g/mol. The molecule has 0 saturated carbocycles. The zero-order valence-corrected chi connectivity index (χ0v) is 20.9. The lowest BCUT2D eigenvalue weighted by atomic mass is 10.1. The topological polar surface area (TPSA) is 56.9 Å². The van der Waals surface area contributed by atoms with Crippen molar-refractivity contribution in [2.45, 2.75) is 25.7 Å². The number of alkyl halides is 3. The van der Waals surface area contributed by atoms with E-state index >= 15 is 0 Å². The molecule has 0 radical (unpaired) electrons. The summed E-state index contributed by atoms with van der Waals surface area (Å²) in [5, 5.41) is 12.1. The van der Waals surface area contributed by atoms with Crippen LogP contribution in [0.25, 0.3) is 0 Å². The van der Waals surface area contributed by atoms with Crippen LogP contribution in [0.5, 0.6) is 0 Å². The zero-order chi connectivity index (χ0) is 27.1. The molecule has 0 atom stereocenters. The molecule has 0 unspecified atom stereocenters. The minimum atomic E-state index is -4.48. The van der Waals surface area contributed by atoms with Crippen LogP contribution >= 0.6 is 12.2 Å². The van der Waals surface area contributed by atoms with Crippen molar-refractivity contribution < 1.29 is 17.6 Å². The monoisotopic (exact) mass is 537 g/mol. The van der Waals surface area contributed by atoms with Crippen molar-refractivity contribution in [1.29, 1.82) is 5.26 Å². The van der Waals surface area contributed by atoms with E-state index in [4.69, 9.17) is 17.5 Å². The summed E-state index contributed by atoms with van der Waals surface area (Å²) in [6.45, 7) is 1.21. The fourth-order valence-corrected chi connectivity index (χ4v) is 4.19. The maximum absolute atomic E-state index is 13.8. The first-order chi connectivity index (χ1) is 18.2. The molecule has 3 aromatic carbocycles. The minimum Gasteiger partial charge on any atom is -0.344 e. The predicted molar refractivity (Wildman–Crippen MR) is 141 cm³/mol. The van der Waals surface area contributed by atoms with E-state index in [-0.39, 0.29) is 23.2 Å². The van der Waals surface area contributed by atoms with E-state index in [1.54, 1.807) is 41.7 Å². The first-order valence-electron chi connectivity index (χ1n) is 11.7. The standard InChI is InChI=1S/C28H23F4N5S/c29-24-5-1-3-22(13-24)18-36(27(38)35-25-6-2-4-23(14-25)28(30,31)32)12-11-26-16-34-19-37(26)17-21-9-7-20(15-33)8-10-21/h1-10,13-14,16,19H,11-12,17-18H2,(H,35,38). The molecule has 194 valence electrons. The molecule has 1 aromatic heterocycles. The van der Waals surface area contributed by atoms with Gasteiger partial charge in [0.1, 0.15) is 5.82 Å². The Bertz CT molecular complexity index is 1440. The van der Waals surface area contributed by atoms with E-state index in [2.05, 4.69) is 16.4 Å². The molecule has 0 aliphatic heterocycles. The summed E-state index contributed by atoms with van der Waals surface area (Å²) in [7, 11) is 0. The lowest BCUT2D eigenvalue weighted by molar-refractivity contribution is -0.137. The molecule has 0 aliphatic rings. The molecule has 0 aliphatic carbocycles. The molecule has 1 N–H and O–H groups in total. The zero-order valence-electron chi connectivity index (χ0n) is 20.1. The summed E-state index contributed by atoms with van der Waals surface area (Å²) >= 11 is 5.57. The second-order valence-electron chi connectivity index (χ2n) is 8.63. The number of halogens is 4. The minimum absolute atomic E-state index is 0.208. The Kier molecular flexibility index (Phi) is 8.38. The number of rotatable bonds is 8. The van der Waals surface area contributed by atoms with Gasteiger partial charge in [0.25, 0.3) is 0 Å². The summed E-state index contributed by atoms with van der Waals surface area (Å²) in [6.07, 6.45) is -0.499. The van der Waals surface area contributed by atoms with Gasteiger partial charge in [-0.2, -0.15) is 18.4 Å². The lowest BCUT2D eigenvalue weighted by Crippen LogP contribution is -2.36. The van der Waals surface area contributed by atoms with Gasteiger partial charge in [0.15, 0.2) is 5.11 Å². The summed E-state index contributed by atoms with van der Waals surface area (Å²) in [4.78, 5) is 6.04. The highest BCUT2D eigenvalue weighted by molar-refractivity contribution is 7.80. The maximum Gasteiger partial charge on any atom is 0.416 e. The van der Waals surface area contributed by atoms with Crippen molar-refractivity contribution in [2.24, 2.45) is 0 Å². The number of nitriles is 1. The molecule has 0 amide bonds. The van der Waals surface area contributed by atoms with Crippen LogP contribution in [0.15, 0.2) is 85.3 Å². The van der Waals surface area contributed by atoms with Crippen LogP contribution in [0.4, 0.5) is 23.2 Å². The second-order valence-corrected chi connectivity index (χ2v) is 9.02. The molecular weight excluding hydrogens is 514 g/mol. The highest BCUT2D eigenvalue weighted by atomic mass is 32.1. The number of nitrogens with one attached hydrogen (secondary N) is 1. The highest BCUT2D eigenvalue weighted by Crippen LogP contribution is 2.30. The molecular formula is C28H23F4N5S. The molecule has 0 fully saturated rings. The number of aromatic nitrogens is 2. The van der Waals surface area contributed by atoms with Crippen LogP contribution in [0.1, 0.15) is 27.9 Å². The number of benzene rings is 3. The van der Waals surface area contributed by atoms with E-state index in [1.807, 2.05) is 16.7 Å².